The Morgan fingerprint density at radius 1 is 1.64 bits per heavy atom. The molecular formula is C8H8N2O. The zero-order valence-electron chi connectivity index (χ0n) is 6.16. The first-order valence-electron chi connectivity index (χ1n) is 3.54. The number of hydrogen-bond donors (Lipinski definition) is 1. The minimum atomic E-state index is 0.00917. The van der Waals surface area contributed by atoms with Gasteiger partial charge in [0.2, 0.25) is 0 Å². The van der Waals surface area contributed by atoms with E-state index < -0.39 is 0 Å². The van der Waals surface area contributed by atoms with Gasteiger partial charge >= 0.3 is 0 Å². The highest BCUT2D eigenvalue weighted by molar-refractivity contribution is 5.98. The van der Waals surface area contributed by atoms with Gasteiger partial charge in [0.15, 0.2) is 0 Å². The lowest BCUT2D eigenvalue weighted by molar-refractivity contribution is 0.0958. The fourth-order valence-electron chi connectivity index (χ4n) is 1.31. The Labute approximate surface area is 64.5 Å². The summed E-state index contributed by atoms with van der Waals surface area (Å²) in [5.74, 6) is 0.00917. The summed E-state index contributed by atoms with van der Waals surface area (Å²) < 4.78 is 0. The van der Waals surface area contributed by atoms with Crippen LogP contribution < -0.4 is 5.32 Å². The summed E-state index contributed by atoms with van der Waals surface area (Å²) in [7, 11) is 0. The van der Waals surface area contributed by atoms with Gasteiger partial charge in [-0.1, -0.05) is 0 Å². The average molecular weight is 148 g/mol. The lowest BCUT2D eigenvalue weighted by Gasteiger charge is -2.00. The largest absolute Gasteiger partial charge is 0.345 e. The summed E-state index contributed by atoms with van der Waals surface area (Å²) in [4.78, 5) is 15.1. The predicted molar refractivity (Wildman–Crippen MR) is 40.1 cm³/mol. The molecule has 56 valence electrons. The van der Waals surface area contributed by atoms with E-state index in [1.165, 1.54) is 0 Å². The van der Waals surface area contributed by atoms with Crippen LogP contribution in [-0.2, 0) is 0 Å². The van der Waals surface area contributed by atoms with Gasteiger partial charge in [0.05, 0.1) is 6.04 Å². The Morgan fingerprint density at radius 2 is 2.45 bits per heavy atom. The Morgan fingerprint density at radius 3 is 3.18 bits per heavy atom. The van der Waals surface area contributed by atoms with Gasteiger partial charge in [-0.15, -0.1) is 0 Å². The third-order valence-electron chi connectivity index (χ3n) is 1.91. The Kier molecular flexibility index (Phi) is 1.18. The molecule has 1 aliphatic rings. The summed E-state index contributed by atoms with van der Waals surface area (Å²) in [6.07, 6.45) is 3.37. The second-order valence-corrected chi connectivity index (χ2v) is 2.66. The number of pyridine rings is 1. The standard InChI is InChI=1S/C8H8N2O/c1-5-7-4-9-3-2-6(7)8(11)10-5/h2-5H,1H3,(H,10,11)/t5-/m1/s1. The number of carbonyl (C=O) groups is 1. The smallest absolute Gasteiger partial charge is 0.252 e. The van der Waals surface area contributed by atoms with E-state index in [2.05, 4.69) is 10.3 Å². The van der Waals surface area contributed by atoms with Crippen molar-refractivity contribution < 1.29 is 4.79 Å². The van der Waals surface area contributed by atoms with Gasteiger partial charge < -0.3 is 5.32 Å². The van der Waals surface area contributed by atoms with Gasteiger partial charge in [-0.3, -0.25) is 9.78 Å². The van der Waals surface area contributed by atoms with Gasteiger partial charge in [-0.05, 0) is 13.0 Å². The summed E-state index contributed by atoms with van der Waals surface area (Å²) in [6.45, 7) is 1.95. The van der Waals surface area contributed by atoms with Crippen LogP contribution in [0.25, 0.3) is 0 Å². The van der Waals surface area contributed by atoms with Crippen molar-refractivity contribution in [2.24, 2.45) is 0 Å². The van der Waals surface area contributed by atoms with Crippen LogP contribution >= 0.6 is 0 Å². The van der Waals surface area contributed by atoms with Crippen LogP contribution in [0, 0.1) is 0 Å². The Bertz CT molecular complexity index is 309. The zero-order chi connectivity index (χ0) is 7.84. The van der Waals surface area contributed by atoms with Crippen molar-refractivity contribution in [1.82, 2.24) is 10.3 Å². The molecule has 1 aliphatic heterocycles. The van der Waals surface area contributed by atoms with E-state index in [1.807, 2.05) is 6.92 Å². The van der Waals surface area contributed by atoms with Gasteiger partial charge in [-0.2, -0.15) is 0 Å². The predicted octanol–water partition coefficient (Wildman–Crippen LogP) is 0.886. The number of fused-ring (bicyclic) bond motifs is 1. The molecule has 3 nitrogen and oxygen atoms in total. The number of rotatable bonds is 0. The Hall–Kier alpha value is -1.38. The molecule has 2 rings (SSSR count). The monoisotopic (exact) mass is 148 g/mol. The van der Waals surface area contributed by atoms with Crippen LogP contribution in [0.15, 0.2) is 18.5 Å². The SMILES string of the molecule is C[C@H]1NC(=O)c2ccncc21. The maximum atomic E-state index is 11.1. The maximum Gasteiger partial charge on any atom is 0.252 e. The first-order valence-corrected chi connectivity index (χ1v) is 3.54. The fourth-order valence-corrected chi connectivity index (χ4v) is 1.31. The molecular weight excluding hydrogens is 140 g/mol. The van der Waals surface area contributed by atoms with Crippen LogP contribution in [0.4, 0.5) is 0 Å². The van der Waals surface area contributed by atoms with Crippen molar-refractivity contribution in [2.45, 2.75) is 13.0 Å². The van der Waals surface area contributed by atoms with Crippen molar-refractivity contribution in [3.63, 3.8) is 0 Å². The van der Waals surface area contributed by atoms with Crippen molar-refractivity contribution in [2.75, 3.05) is 0 Å². The van der Waals surface area contributed by atoms with Crippen molar-refractivity contribution in [3.8, 4) is 0 Å². The number of hydrogen-bond acceptors (Lipinski definition) is 2. The molecule has 0 unspecified atom stereocenters. The quantitative estimate of drug-likeness (QED) is 0.593. The van der Waals surface area contributed by atoms with E-state index >= 15 is 0 Å². The van der Waals surface area contributed by atoms with E-state index in [1.54, 1.807) is 18.5 Å². The molecule has 3 heteroatoms. The number of carbonyl (C=O) groups excluding carboxylic acids is 1. The van der Waals surface area contributed by atoms with Crippen molar-refractivity contribution in [1.29, 1.82) is 0 Å². The van der Waals surface area contributed by atoms with Gasteiger partial charge in [-0.25, -0.2) is 0 Å². The lowest BCUT2D eigenvalue weighted by Crippen LogP contribution is -2.16. The third kappa shape index (κ3) is 0.808. The van der Waals surface area contributed by atoms with Crippen LogP contribution in [0.5, 0.6) is 0 Å². The highest BCUT2D eigenvalue weighted by atomic mass is 16.2. The first-order chi connectivity index (χ1) is 5.29. The Balaban J connectivity index is 2.60. The normalized spacial score (nSPS) is 21.2. The van der Waals surface area contributed by atoms with Crippen LogP contribution in [0.1, 0.15) is 28.9 Å². The van der Waals surface area contributed by atoms with Crippen LogP contribution in [0.3, 0.4) is 0 Å². The van der Waals surface area contributed by atoms with Crippen LogP contribution in [0.2, 0.25) is 0 Å². The minimum absolute atomic E-state index is 0.00917. The van der Waals surface area contributed by atoms with Gasteiger partial charge in [0, 0.05) is 23.5 Å². The fraction of sp³-hybridized carbons (Fsp3) is 0.250. The van der Waals surface area contributed by atoms with E-state index in [-0.39, 0.29) is 11.9 Å². The number of aromatic nitrogens is 1. The average Bonchev–Trinajstić information content (AvgIpc) is 2.30. The molecule has 0 fully saturated rings. The molecule has 0 spiro atoms. The minimum Gasteiger partial charge on any atom is -0.345 e. The van der Waals surface area contributed by atoms with Crippen molar-refractivity contribution in [3.05, 3.63) is 29.6 Å². The number of amides is 1. The molecule has 1 amide bonds. The number of nitrogens with one attached hydrogen (secondary N) is 1. The zero-order valence-corrected chi connectivity index (χ0v) is 6.16. The summed E-state index contributed by atoms with van der Waals surface area (Å²) in [5, 5.41) is 2.80. The summed E-state index contributed by atoms with van der Waals surface area (Å²) in [6, 6.07) is 1.86. The molecule has 0 saturated carbocycles. The molecule has 1 aromatic rings. The van der Waals surface area contributed by atoms with E-state index in [0.29, 0.717) is 0 Å². The molecule has 2 heterocycles. The van der Waals surface area contributed by atoms with Gasteiger partial charge in [0.1, 0.15) is 0 Å². The molecule has 0 radical (unpaired) electrons. The summed E-state index contributed by atoms with van der Waals surface area (Å²) in [5.41, 5.74) is 1.75. The van der Waals surface area contributed by atoms with Crippen LogP contribution in [-0.4, -0.2) is 10.9 Å². The first kappa shape index (κ1) is 6.34. The lowest BCUT2D eigenvalue weighted by atomic mass is 10.1. The molecule has 0 aromatic carbocycles. The topological polar surface area (TPSA) is 42.0 Å². The molecule has 1 aromatic heterocycles. The molecule has 1 N–H and O–H groups in total. The van der Waals surface area contributed by atoms with E-state index in [0.717, 1.165) is 11.1 Å². The third-order valence-corrected chi connectivity index (χ3v) is 1.91. The molecule has 0 bridgehead atoms. The second-order valence-electron chi connectivity index (χ2n) is 2.66. The molecule has 0 saturated heterocycles. The second kappa shape index (κ2) is 2.05. The number of nitrogens with zero attached hydrogens (tertiary/aromatic N) is 1. The highest BCUT2D eigenvalue weighted by Gasteiger charge is 2.24. The van der Waals surface area contributed by atoms with E-state index in [9.17, 15) is 4.79 Å². The maximum absolute atomic E-state index is 11.1. The highest BCUT2D eigenvalue weighted by Crippen LogP contribution is 2.22. The molecule has 0 aliphatic carbocycles. The molecule has 11 heavy (non-hydrogen) atoms. The summed E-state index contributed by atoms with van der Waals surface area (Å²) >= 11 is 0. The van der Waals surface area contributed by atoms with Crippen molar-refractivity contribution >= 4 is 5.91 Å². The van der Waals surface area contributed by atoms with E-state index in [4.69, 9.17) is 0 Å². The molecule has 1 atom stereocenters. The van der Waals surface area contributed by atoms with Gasteiger partial charge in [0.25, 0.3) is 5.91 Å².